The summed E-state index contributed by atoms with van der Waals surface area (Å²) in [6.45, 7) is 5.02. The first-order valence-corrected chi connectivity index (χ1v) is 9.18. The van der Waals surface area contributed by atoms with Gasteiger partial charge in [0.1, 0.15) is 5.82 Å². The summed E-state index contributed by atoms with van der Waals surface area (Å²) in [5.74, 6) is 1.38. The first-order valence-electron chi connectivity index (χ1n) is 9.18. The van der Waals surface area contributed by atoms with E-state index in [2.05, 4.69) is 34.8 Å². The molecule has 1 saturated carbocycles. The van der Waals surface area contributed by atoms with Crippen LogP contribution in [0.3, 0.4) is 0 Å². The number of nitrogens with two attached hydrogens (primary N) is 1. The molecule has 27 heavy (non-hydrogen) atoms. The monoisotopic (exact) mass is 412 g/mol. The zero-order chi connectivity index (χ0) is 17.9. The normalized spacial score (nSPS) is 15.6. The fourth-order valence-electron chi connectivity index (χ4n) is 3.56. The Hall–Kier alpha value is -1.56. The number of carbonyl (C=O) groups is 1. The molecule has 1 amide bonds. The summed E-state index contributed by atoms with van der Waals surface area (Å²) >= 11 is 0. The Bertz CT molecular complexity index is 739. The standard InChI is InChI=1S/C20H28N4O.2ClH/c1-15(2)18-22-11-12-24(18)14-16-7-6-8-17(13-16)23-19(25)20(21)9-4-3-5-10-20;;/h6-8,11-13,15H,3-5,9-10,14,21H2,1-2H3,(H,23,25);2*1H. The van der Waals surface area contributed by atoms with Gasteiger partial charge in [-0.15, -0.1) is 24.8 Å². The molecule has 3 rings (SSSR count). The van der Waals surface area contributed by atoms with Gasteiger partial charge in [0.2, 0.25) is 5.91 Å². The van der Waals surface area contributed by atoms with Gasteiger partial charge >= 0.3 is 0 Å². The van der Waals surface area contributed by atoms with Gasteiger partial charge in [-0.1, -0.05) is 45.2 Å². The Morgan fingerprint density at radius 3 is 2.63 bits per heavy atom. The molecule has 0 bridgehead atoms. The highest BCUT2D eigenvalue weighted by Gasteiger charge is 2.35. The maximum Gasteiger partial charge on any atom is 0.244 e. The minimum absolute atomic E-state index is 0. The highest BCUT2D eigenvalue weighted by atomic mass is 35.5. The van der Waals surface area contributed by atoms with Gasteiger partial charge in [0.05, 0.1) is 5.54 Å². The van der Waals surface area contributed by atoms with Crippen LogP contribution in [0.2, 0.25) is 0 Å². The Labute approximate surface area is 173 Å². The van der Waals surface area contributed by atoms with E-state index in [1.54, 1.807) is 0 Å². The minimum atomic E-state index is -0.719. The van der Waals surface area contributed by atoms with Crippen molar-refractivity contribution in [2.45, 2.75) is 64.0 Å². The molecule has 3 N–H and O–H groups in total. The summed E-state index contributed by atoms with van der Waals surface area (Å²) < 4.78 is 2.15. The van der Waals surface area contributed by atoms with Crippen molar-refractivity contribution < 1.29 is 4.79 Å². The van der Waals surface area contributed by atoms with Crippen molar-refractivity contribution >= 4 is 36.4 Å². The van der Waals surface area contributed by atoms with E-state index < -0.39 is 5.54 Å². The zero-order valence-electron chi connectivity index (χ0n) is 16.0. The van der Waals surface area contributed by atoms with E-state index in [0.29, 0.717) is 5.92 Å². The van der Waals surface area contributed by atoms with Gasteiger partial charge in [-0.3, -0.25) is 4.79 Å². The highest BCUT2D eigenvalue weighted by molar-refractivity contribution is 5.98. The number of aromatic nitrogens is 2. The second-order valence-electron chi connectivity index (χ2n) is 7.44. The lowest BCUT2D eigenvalue weighted by Gasteiger charge is -2.31. The van der Waals surface area contributed by atoms with Crippen LogP contribution in [0.4, 0.5) is 5.69 Å². The smallest absolute Gasteiger partial charge is 0.244 e. The molecule has 2 aromatic rings. The topological polar surface area (TPSA) is 72.9 Å². The second-order valence-corrected chi connectivity index (χ2v) is 7.44. The predicted molar refractivity (Wildman–Crippen MR) is 115 cm³/mol. The number of carbonyl (C=O) groups excluding carboxylic acids is 1. The van der Waals surface area contributed by atoms with Crippen molar-refractivity contribution in [1.82, 2.24) is 9.55 Å². The molecule has 0 atom stereocenters. The van der Waals surface area contributed by atoms with Crippen molar-refractivity contribution in [2.24, 2.45) is 5.73 Å². The van der Waals surface area contributed by atoms with Gasteiger partial charge in [0, 0.05) is 30.5 Å². The van der Waals surface area contributed by atoms with E-state index in [9.17, 15) is 4.79 Å². The number of nitrogens with one attached hydrogen (secondary N) is 1. The molecule has 0 aliphatic heterocycles. The average Bonchev–Trinajstić information content (AvgIpc) is 3.04. The molecular formula is C20H30Cl2N4O. The van der Waals surface area contributed by atoms with Crippen LogP contribution in [0, 0.1) is 0 Å². The molecule has 0 unspecified atom stereocenters. The Morgan fingerprint density at radius 2 is 1.96 bits per heavy atom. The van der Waals surface area contributed by atoms with Crippen LogP contribution in [0.25, 0.3) is 0 Å². The number of anilines is 1. The molecule has 0 radical (unpaired) electrons. The largest absolute Gasteiger partial charge is 0.330 e. The molecule has 1 heterocycles. The predicted octanol–water partition coefficient (Wildman–Crippen LogP) is 4.50. The number of hydrogen-bond acceptors (Lipinski definition) is 3. The Kier molecular flexibility index (Phi) is 8.79. The number of imidazole rings is 1. The summed E-state index contributed by atoms with van der Waals surface area (Å²) in [4.78, 5) is 17.0. The summed E-state index contributed by atoms with van der Waals surface area (Å²) in [5.41, 5.74) is 7.55. The van der Waals surface area contributed by atoms with Crippen LogP contribution < -0.4 is 11.1 Å². The molecule has 1 fully saturated rings. The molecule has 1 aromatic carbocycles. The van der Waals surface area contributed by atoms with E-state index in [-0.39, 0.29) is 30.7 Å². The van der Waals surface area contributed by atoms with Crippen LogP contribution in [-0.4, -0.2) is 21.0 Å². The third kappa shape index (κ3) is 5.71. The van der Waals surface area contributed by atoms with Crippen LogP contribution in [-0.2, 0) is 11.3 Å². The summed E-state index contributed by atoms with van der Waals surface area (Å²) in [5, 5.41) is 3.02. The number of halogens is 2. The van der Waals surface area contributed by atoms with Crippen molar-refractivity contribution in [2.75, 3.05) is 5.32 Å². The van der Waals surface area contributed by atoms with Gasteiger partial charge in [-0.25, -0.2) is 4.98 Å². The average molecular weight is 413 g/mol. The maximum absolute atomic E-state index is 12.6. The number of hydrogen-bond donors (Lipinski definition) is 2. The number of benzene rings is 1. The second kappa shape index (κ2) is 10.1. The van der Waals surface area contributed by atoms with Gasteiger partial charge in [-0.05, 0) is 30.5 Å². The lowest BCUT2D eigenvalue weighted by molar-refractivity contribution is -0.122. The van der Waals surface area contributed by atoms with Crippen LogP contribution in [0.1, 0.15) is 63.3 Å². The van der Waals surface area contributed by atoms with E-state index in [4.69, 9.17) is 5.73 Å². The number of amides is 1. The summed E-state index contributed by atoms with van der Waals surface area (Å²) in [7, 11) is 0. The molecule has 150 valence electrons. The molecule has 7 heteroatoms. The van der Waals surface area contributed by atoms with Crippen molar-refractivity contribution in [3.05, 3.63) is 48.0 Å². The summed E-state index contributed by atoms with van der Waals surface area (Å²) in [6, 6.07) is 7.98. The quantitative estimate of drug-likeness (QED) is 0.758. The molecule has 5 nitrogen and oxygen atoms in total. The summed E-state index contributed by atoms with van der Waals surface area (Å²) in [6.07, 6.45) is 8.60. The zero-order valence-corrected chi connectivity index (χ0v) is 17.6. The van der Waals surface area contributed by atoms with Gasteiger partial charge < -0.3 is 15.6 Å². The van der Waals surface area contributed by atoms with Crippen molar-refractivity contribution in [3.63, 3.8) is 0 Å². The highest BCUT2D eigenvalue weighted by Crippen LogP contribution is 2.27. The third-order valence-corrected chi connectivity index (χ3v) is 5.00. The molecular weight excluding hydrogens is 383 g/mol. The molecule has 0 spiro atoms. The first-order chi connectivity index (χ1) is 12.0. The number of rotatable bonds is 5. The third-order valence-electron chi connectivity index (χ3n) is 5.00. The molecule has 1 aliphatic rings. The van der Waals surface area contributed by atoms with Gasteiger partial charge in [0.25, 0.3) is 0 Å². The van der Waals surface area contributed by atoms with Crippen LogP contribution >= 0.6 is 24.8 Å². The Balaban J connectivity index is 0.00000182. The maximum atomic E-state index is 12.6. The van der Waals surface area contributed by atoms with Crippen LogP contribution in [0.15, 0.2) is 36.7 Å². The van der Waals surface area contributed by atoms with E-state index in [1.807, 2.05) is 30.6 Å². The van der Waals surface area contributed by atoms with Crippen molar-refractivity contribution in [3.8, 4) is 0 Å². The Morgan fingerprint density at radius 1 is 1.26 bits per heavy atom. The lowest BCUT2D eigenvalue weighted by atomic mass is 9.82. The fraction of sp³-hybridized carbons (Fsp3) is 0.500. The van der Waals surface area contributed by atoms with Gasteiger partial charge in [-0.2, -0.15) is 0 Å². The SMILES string of the molecule is CC(C)c1nccn1Cc1cccc(NC(=O)C2(N)CCCCC2)c1.Cl.Cl. The lowest BCUT2D eigenvalue weighted by Crippen LogP contribution is -2.52. The molecule has 1 aliphatic carbocycles. The van der Waals surface area contributed by atoms with Gasteiger partial charge in [0.15, 0.2) is 0 Å². The minimum Gasteiger partial charge on any atom is -0.330 e. The van der Waals surface area contributed by atoms with Crippen molar-refractivity contribution in [1.29, 1.82) is 0 Å². The molecule has 0 saturated heterocycles. The number of nitrogens with zero attached hydrogens (tertiary/aromatic N) is 2. The van der Waals surface area contributed by atoms with E-state index in [1.165, 1.54) is 6.42 Å². The van der Waals surface area contributed by atoms with E-state index in [0.717, 1.165) is 49.3 Å². The van der Waals surface area contributed by atoms with Crippen LogP contribution in [0.5, 0.6) is 0 Å². The molecule has 1 aromatic heterocycles. The van der Waals surface area contributed by atoms with E-state index >= 15 is 0 Å². The fourth-order valence-corrected chi connectivity index (χ4v) is 3.56. The first kappa shape index (κ1) is 23.5.